The second-order valence-electron chi connectivity index (χ2n) is 8.55. The topological polar surface area (TPSA) is 134 Å². The van der Waals surface area contributed by atoms with Crippen LogP contribution in [0.3, 0.4) is 0 Å². The van der Waals surface area contributed by atoms with Gasteiger partial charge in [0.2, 0.25) is 5.91 Å². The molecule has 0 saturated carbocycles. The quantitative estimate of drug-likeness (QED) is 0.493. The van der Waals surface area contributed by atoms with Gasteiger partial charge < -0.3 is 25.1 Å². The van der Waals surface area contributed by atoms with Crippen molar-refractivity contribution in [1.82, 2.24) is 15.3 Å². The number of fused-ring (bicyclic) bond motifs is 4. The number of nitrogens with zero attached hydrogens (tertiary/aromatic N) is 1. The summed E-state index contributed by atoms with van der Waals surface area (Å²) in [5.74, 6) is 0.382. The van der Waals surface area contributed by atoms with E-state index in [0.717, 1.165) is 0 Å². The molecule has 1 aliphatic rings. The van der Waals surface area contributed by atoms with E-state index >= 15 is 0 Å². The highest BCUT2D eigenvalue weighted by atomic mass is 16.6. The van der Waals surface area contributed by atoms with Crippen molar-refractivity contribution in [2.24, 2.45) is 0 Å². The molecule has 0 aliphatic carbocycles. The molecule has 0 spiro atoms. The standard InChI is InChI=1S/C23H29N5O5/c1-23(2,3)33-22(31)28-16-8-6-5-7-9-19(29)26-17-12-14(25-21(30)32-4)10-11-15(17)18-13-24-20(16)27-18/h5-6,10-13,16H,7-9H2,1-4H3,(H,24,27)(H,25,30)(H,26,29)(H,28,31)/b6-5-/t16-/m0/s1. The Bertz CT molecular complexity index is 1050. The second kappa shape index (κ2) is 10.2. The summed E-state index contributed by atoms with van der Waals surface area (Å²) in [6.45, 7) is 5.39. The highest BCUT2D eigenvalue weighted by molar-refractivity contribution is 5.97. The number of allylic oxidation sites excluding steroid dienone is 1. The number of anilines is 2. The maximum absolute atomic E-state index is 12.5. The van der Waals surface area contributed by atoms with Gasteiger partial charge in [-0.2, -0.15) is 0 Å². The van der Waals surface area contributed by atoms with Crippen LogP contribution in [0.1, 0.15) is 51.9 Å². The first kappa shape index (κ1) is 23.8. The minimum absolute atomic E-state index is 0.168. The third kappa shape index (κ3) is 6.83. The molecule has 1 aliphatic heterocycles. The average Bonchev–Trinajstić information content (AvgIpc) is 3.21. The summed E-state index contributed by atoms with van der Waals surface area (Å²) in [5.41, 5.74) is 1.67. The lowest BCUT2D eigenvalue weighted by molar-refractivity contribution is -0.116. The first-order valence-electron chi connectivity index (χ1n) is 10.6. The van der Waals surface area contributed by atoms with Gasteiger partial charge in [0.25, 0.3) is 0 Å². The number of hydrogen-bond donors (Lipinski definition) is 4. The maximum Gasteiger partial charge on any atom is 0.411 e. The van der Waals surface area contributed by atoms with Crippen molar-refractivity contribution in [2.75, 3.05) is 17.7 Å². The maximum atomic E-state index is 12.5. The number of carbonyl (C=O) groups is 3. The summed E-state index contributed by atoms with van der Waals surface area (Å²) in [6.07, 6.45) is 5.55. The summed E-state index contributed by atoms with van der Waals surface area (Å²) < 4.78 is 10.0. The van der Waals surface area contributed by atoms with E-state index in [0.29, 0.717) is 41.3 Å². The number of H-pyrrole nitrogens is 1. The van der Waals surface area contributed by atoms with Crippen molar-refractivity contribution in [3.63, 3.8) is 0 Å². The number of alkyl carbamates (subject to hydrolysis) is 1. The number of amides is 3. The molecule has 1 aromatic heterocycles. The zero-order chi connectivity index (χ0) is 24.0. The third-order valence-corrected chi connectivity index (χ3v) is 4.71. The van der Waals surface area contributed by atoms with Crippen LogP contribution in [0.25, 0.3) is 11.3 Å². The highest BCUT2D eigenvalue weighted by Crippen LogP contribution is 2.31. The van der Waals surface area contributed by atoms with Crippen LogP contribution >= 0.6 is 0 Å². The molecular weight excluding hydrogens is 426 g/mol. The molecule has 0 radical (unpaired) electrons. The number of nitrogens with one attached hydrogen (secondary N) is 4. The van der Waals surface area contributed by atoms with Gasteiger partial charge in [0.1, 0.15) is 11.4 Å². The van der Waals surface area contributed by atoms with Crippen LogP contribution in [0, 0.1) is 0 Å². The molecule has 0 fully saturated rings. The minimum atomic E-state index is -0.627. The van der Waals surface area contributed by atoms with Gasteiger partial charge in [-0.1, -0.05) is 12.2 Å². The lowest BCUT2D eigenvalue weighted by atomic mass is 10.1. The number of aromatic amines is 1. The third-order valence-electron chi connectivity index (χ3n) is 4.71. The van der Waals surface area contributed by atoms with Crippen LogP contribution < -0.4 is 16.0 Å². The fourth-order valence-electron chi connectivity index (χ4n) is 3.25. The predicted molar refractivity (Wildman–Crippen MR) is 124 cm³/mol. The fourth-order valence-corrected chi connectivity index (χ4v) is 3.25. The molecule has 2 aromatic rings. The van der Waals surface area contributed by atoms with Gasteiger partial charge in [-0.3, -0.25) is 10.1 Å². The summed E-state index contributed by atoms with van der Waals surface area (Å²) in [6, 6.07) is 4.65. The first-order chi connectivity index (χ1) is 15.6. The van der Waals surface area contributed by atoms with Gasteiger partial charge in [0.15, 0.2) is 0 Å². The van der Waals surface area contributed by atoms with Crippen molar-refractivity contribution < 1.29 is 23.9 Å². The molecule has 10 nitrogen and oxygen atoms in total. The first-order valence-corrected chi connectivity index (χ1v) is 10.6. The number of benzene rings is 1. The molecule has 3 amide bonds. The molecule has 0 unspecified atom stereocenters. The van der Waals surface area contributed by atoms with Crippen molar-refractivity contribution >= 4 is 29.5 Å². The van der Waals surface area contributed by atoms with E-state index in [1.807, 2.05) is 12.2 Å². The Morgan fingerprint density at radius 3 is 2.70 bits per heavy atom. The van der Waals surface area contributed by atoms with Crippen LogP contribution in [0.15, 0.2) is 36.5 Å². The Hall–Kier alpha value is -3.82. The van der Waals surface area contributed by atoms with Crippen LogP contribution in [0.5, 0.6) is 0 Å². The lowest BCUT2D eigenvalue weighted by Crippen LogP contribution is -2.35. The van der Waals surface area contributed by atoms with Crippen molar-refractivity contribution in [3.05, 3.63) is 42.4 Å². The van der Waals surface area contributed by atoms with Gasteiger partial charge in [-0.25, -0.2) is 14.6 Å². The molecule has 0 saturated heterocycles. The van der Waals surface area contributed by atoms with Gasteiger partial charge in [0.05, 0.1) is 30.7 Å². The van der Waals surface area contributed by atoms with E-state index in [-0.39, 0.29) is 12.3 Å². The van der Waals surface area contributed by atoms with Crippen LogP contribution in [0.4, 0.5) is 21.0 Å². The number of methoxy groups -OCH3 is 1. The van der Waals surface area contributed by atoms with Gasteiger partial charge >= 0.3 is 12.2 Å². The van der Waals surface area contributed by atoms with Gasteiger partial charge in [-0.15, -0.1) is 0 Å². The number of carbonyl (C=O) groups excluding carboxylic acids is 3. The second-order valence-corrected chi connectivity index (χ2v) is 8.55. The van der Waals surface area contributed by atoms with E-state index in [4.69, 9.17) is 4.74 Å². The minimum Gasteiger partial charge on any atom is -0.453 e. The summed E-state index contributed by atoms with van der Waals surface area (Å²) >= 11 is 0. The normalized spacial score (nSPS) is 17.2. The molecule has 1 aromatic carbocycles. The zero-order valence-corrected chi connectivity index (χ0v) is 19.2. The smallest absolute Gasteiger partial charge is 0.411 e. The largest absolute Gasteiger partial charge is 0.453 e. The van der Waals surface area contributed by atoms with E-state index < -0.39 is 23.8 Å². The zero-order valence-electron chi connectivity index (χ0n) is 19.2. The Balaban J connectivity index is 1.95. The molecule has 10 heteroatoms. The SMILES string of the molecule is COC(=O)Nc1ccc2c(c1)NC(=O)CC/C=C\C[C@H](NC(=O)OC(C)(C)C)c1ncc-2[nH]1. The van der Waals surface area contributed by atoms with E-state index in [9.17, 15) is 14.4 Å². The van der Waals surface area contributed by atoms with Crippen LogP contribution in [-0.4, -0.2) is 40.8 Å². The molecule has 4 N–H and O–H groups in total. The number of imidazole rings is 1. The summed E-state index contributed by atoms with van der Waals surface area (Å²) in [5, 5.41) is 8.34. The van der Waals surface area contributed by atoms with Crippen molar-refractivity contribution in [1.29, 1.82) is 0 Å². The Kier molecular flexibility index (Phi) is 7.37. The summed E-state index contributed by atoms with van der Waals surface area (Å²) in [4.78, 5) is 44.1. The Morgan fingerprint density at radius 1 is 1.18 bits per heavy atom. The molecular formula is C23H29N5O5. The molecule has 2 heterocycles. The Labute approximate surface area is 192 Å². The fraction of sp³-hybridized carbons (Fsp3) is 0.391. The molecule has 176 valence electrons. The predicted octanol–water partition coefficient (Wildman–Crippen LogP) is 4.50. The molecule has 1 atom stereocenters. The van der Waals surface area contributed by atoms with Crippen molar-refractivity contribution in [2.45, 2.75) is 51.7 Å². The monoisotopic (exact) mass is 455 g/mol. The van der Waals surface area contributed by atoms with Gasteiger partial charge in [-0.05, 0) is 51.8 Å². The average molecular weight is 456 g/mol. The molecule has 33 heavy (non-hydrogen) atoms. The highest BCUT2D eigenvalue weighted by Gasteiger charge is 2.23. The number of aromatic nitrogens is 2. The molecule has 3 rings (SSSR count). The molecule has 2 bridgehead atoms. The number of rotatable bonds is 2. The van der Waals surface area contributed by atoms with Crippen LogP contribution in [0.2, 0.25) is 0 Å². The summed E-state index contributed by atoms with van der Waals surface area (Å²) in [7, 11) is 1.27. The van der Waals surface area contributed by atoms with Crippen LogP contribution in [-0.2, 0) is 14.3 Å². The van der Waals surface area contributed by atoms with Crippen molar-refractivity contribution in [3.8, 4) is 11.3 Å². The van der Waals surface area contributed by atoms with Gasteiger partial charge in [0, 0.05) is 17.7 Å². The Morgan fingerprint density at radius 2 is 1.97 bits per heavy atom. The van der Waals surface area contributed by atoms with E-state index in [1.54, 1.807) is 45.2 Å². The number of ether oxygens (including phenoxy) is 2. The number of hydrogen-bond acceptors (Lipinski definition) is 6. The van der Waals surface area contributed by atoms with E-state index in [1.165, 1.54) is 7.11 Å². The lowest BCUT2D eigenvalue weighted by Gasteiger charge is -2.22. The van der Waals surface area contributed by atoms with E-state index in [2.05, 4.69) is 30.7 Å².